The molecule has 1 aliphatic heterocycles. The fourth-order valence-corrected chi connectivity index (χ4v) is 4.77. The van der Waals surface area contributed by atoms with Gasteiger partial charge < -0.3 is 4.74 Å². The fraction of sp³-hybridized carbons (Fsp3) is 0.350. The van der Waals surface area contributed by atoms with Gasteiger partial charge in [-0.1, -0.05) is 24.3 Å². The van der Waals surface area contributed by atoms with E-state index in [0.29, 0.717) is 25.6 Å². The molecular weight excluding hydrogens is 348 g/mol. The van der Waals surface area contributed by atoms with E-state index in [9.17, 15) is 13.7 Å². The minimum absolute atomic E-state index is 0.0944. The molecule has 26 heavy (non-hydrogen) atoms. The lowest BCUT2D eigenvalue weighted by molar-refractivity contribution is 0.185. The summed E-state index contributed by atoms with van der Waals surface area (Å²) in [6.45, 7) is 3.51. The van der Waals surface area contributed by atoms with Crippen molar-refractivity contribution in [2.24, 2.45) is 5.92 Å². The first-order valence-corrected chi connectivity index (χ1v) is 10.1. The number of hydrogen-bond acceptors (Lipinski definition) is 4. The van der Waals surface area contributed by atoms with Crippen molar-refractivity contribution >= 4 is 10.0 Å². The monoisotopic (exact) mass is 370 g/mol. The Morgan fingerprint density at radius 1 is 1.15 bits per heavy atom. The van der Waals surface area contributed by atoms with Gasteiger partial charge in [-0.3, -0.25) is 0 Å². The van der Waals surface area contributed by atoms with Crippen molar-refractivity contribution in [1.29, 1.82) is 5.26 Å². The third-order valence-corrected chi connectivity index (χ3v) is 6.63. The molecule has 6 heteroatoms. The van der Waals surface area contributed by atoms with E-state index in [2.05, 4.69) is 0 Å². The van der Waals surface area contributed by atoms with Crippen molar-refractivity contribution in [3.63, 3.8) is 0 Å². The van der Waals surface area contributed by atoms with Crippen LogP contribution in [-0.2, 0) is 10.0 Å². The van der Waals surface area contributed by atoms with Crippen LogP contribution < -0.4 is 4.74 Å². The number of sulfonamides is 1. The van der Waals surface area contributed by atoms with Crippen molar-refractivity contribution in [2.45, 2.75) is 24.7 Å². The molecule has 0 radical (unpaired) electrons. The van der Waals surface area contributed by atoms with Crippen molar-refractivity contribution in [3.05, 3.63) is 59.7 Å². The van der Waals surface area contributed by atoms with Gasteiger partial charge in [-0.2, -0.15) is 9.57 Å². The zero-order valence-corrected chi connectivity index (χ0v) is 15.6. The van der Waals surface area contributed by atoms with Crippen LogP contribution in [0.3, 0.4) is 0 Å². The van der Waals surface area contributed by atoms with Gasteiger partial charge in [-0.25, -0.2) is 8.42 Å². The molecule has 0 aliphatic carbocycles. The molecule has 0 saturated carbocycles. The van der Waals surface area contributed by atoms with Crippen LogP contribution in [-0.4, -0.2) is 32.4 Å². The van der Waals surface area contributed by atoms with E-state index >= 15 is 0 Å². The van der Waals surface area contributed by atoms with Crippen LogP contribution in [0.2, 0.25) is 0 Å². The van der Waals surface area contributed by atoms with Gasteiger partial charge in [0.25, 0.3) is 0 Å². The Labute approximate surface area is 154 Å². The van der Waals surface area contributed by atoms with Crippen LogP contribution in [0, 0.1) is 24.2 Å². The second-order valence-corrected chi connectivity index (χ2v) is 8.49. The first kappa shape index (κ1) is 18.4. The molecule has 0 spiro atoms. The minimum atomic E-state index is -3.63. The number of ether oxygens (including phenoxy) is 1. The molecule has 0 unspecified atom stereocenters. The van der Waals surface area contributed by atoms with Gasteiger partial charge in [-0.15, -0.1) is 0 Å². The summed E-state index contributed by atoms with van der Waals surface area (Å²) < 4.78 is 33.0. The van der Waals surface area contributed by atoms with Gasteiger partial charge in [0.2, 0.25) is 10.0 Å². The molecule has 1 saturated heterocycles. The molecule has 0 aromatic heterocycles. The van der Waals surface area contributed by atoms with Crippen LogP contribution in [0.25, 0.3) is 0 Å². The van der Waals surface area contributed by atoms with Gasteiger partial charge in [0.05, 0.1) is 17.1 Å². The van der Waals surface area contributed by atoms with Crippen molar-refractivity contribution in [3.8, 4) is 11.8 Å². The summed E-state index contributed by atoms with van der Waals surface area (Å²) in [5, 5.41) is 9.17. The quantitative estimate of drug-likeness (QED) is 0.809. The number of nitrogens with zero attached hydrogens (tertiary/aromatic N) is 2. The highest BCUT2D eigenvalue weighted by Crippen LogP contribution is 2.26. The van der Waals surface area contributed by atoms with Crippen LogP contribution in [0.4, 0.5) is 0 Å². The van der Waals surface area contributed by atoms with Gasteiger partial charge in [0.15, 0.2) is 0 Å². The second-order valence-electron chi connectivity index (χ2n) is 6.58. The Bertz CT molecular complexity index is 911. The summed E-state index contributed by atoms with van der Waals surface area (Å²) in [6.07, 6.45) is 1.50. The highest BCUT2D eigenvalue weighted by molar-refractivity contribution is 7.89. The van der Waals surface area contributed by atoms with E-state index < -0.39 is 10.0 Å². The molecular formula is C20H22N2O3S. The average Bonchev–Trinajstić information content (AvgIpc) is 2.66. The lowest BCUT2D eigenvalue weighted by Crippen LogP contribution is -2.39. The minimum Gasteiger partial charge on any atom is -0.493 e. The summed E-state index contributed by atoms with van der Waals surface area (Å²) in [6, 6.07) is 16.2. The molecule has 0 atom stereocenters. The number of nitriles is 1. The smallest absolute Gasteiger partial charge is 0.244 e. The third kappa shape index (κ3) is 4.06. The number of benzene rings is 2. The maximum Gasteiger partial charge on any atom is 0.244 e. The molecule has 2 aromatic rings. The Kier molecular flexibility index (Phi) is 5.60. The Hall–Kier alpha value is -2.36. The average molecular weight is 370 g/mol. The molecule has 2 aromatic carbocycles. The molecule has 136 valence electrons. The zero-order valence-electron chi connectivity index (χ0n) is 14.8. The van der Waals surface area contributed by atoms with Crippen LogP contribution in [0.1, 0.15) is 24.0 Å². The van der Waals surface area contributed by atoms with Gasteiger partial charge >= 0.3 is 0 Å². The van der Waals surface area contributed by atoms with Crippen molar-refractivity contribution in [1.82, 2.24) is 4.31 Å². The number of hydrogen-bond donors (Lipinski definition) is 0. The number of aryl methyl sites for hydroxylation is 1. The van der Waals surface area contributed by atoms with E-state index in [-0.39, 0.29) is 10.5 Å². The molecule has 0 bridgehead atoms. The molecule has 1 heterocycles. The largest absolute Gasteiger partial charge is 0.493 e. The van der Waals surface area contributed by atoms with Gasteiger partial charge in [0.1, 0.15) is 11.8 Å². The zero-order chi connectivity index (χ0) is 18.6. The Morgan fingerprint density at radius 2 is 1.88 bits per heavy atom. The van der Waals surface area contributed by atoms with E-state index in [0.717, 1.165) is 24.2 Å². The standard InChI is InChI=1S/C20H22N2O3S/c1-16-5-4-7-19(13-16)25-15-17-9-11-22(12-10-17)26(23,24)20-8-3-2-6-18(20)14-21/h2-8,13,17H,9-12,15H2,1H3. The molecule has 5 nitrogen and oxygen atoms in total. The maximum absolute atomic E-state index is 12.8. The van der Waals surface area contributed by atoms with E-state index in [1.807, 2.05) is 37.3 Å². The van der Waals surface area contributed by atoms with Crippen LogP contribution in [0.5, 0.6) is 5.75 Å². The summed E-state index contributed by atoms with van der Waals surface area (Å²) in [4.78, 5) is 0.0944. The summed E-state index contributed by atoms with van der Waals surface area (Å²) in [5.41, 5.74) is 1.34. The first-order valence-electron chi connectivity index (χ1n) is 8.69. The normalized spacial score (nSPS) is 16.2. The molecule has 1 aliphatic rings. The molecule has 1 fully saturated rings. The molecule has 0 N–H and O–H groups in total. The highest BCUT2D eigenvalue weighted by Gasteiger charge is 2.31. The number of piperidine rings is 1. The van der Waals surface area contributed by atoms with E-state index in [1.165, 1.54) is 16.4 Å². The topological polar surface area (TPSA) is 70.4 Å². The summed E-state index contributed by atoms with van der Waals surface area (Å²) in [7, 11) is -3.63. The number of rotatable bonds is 5. The molecule has 0 amide bonds. The lowest BCUT2D eigenvalue weighted by Gasteiger charge is -2.31. The van der Waals surface area contributed by atoms with E-state index in [1.54, 1.807) is 12.1 Å². The van der Waals surface area contributed by atoms with Crippen LogP contribution >= 0.6 is 0 Å². The summed E-state index contributed by atoms with van der Waals surface area (Å²) in [5.74, 6) is 1.18. The van der Waals surface area contributed by atoms with Crippen molar-refractivity contribution < 1.29 is 13.2 Å². The predicted octanol–water partition coefficient (Wildman–Crippen LogP) is 3.35. The maximum atomic E-state index is 12.8. The third-order valence-electron chi connectivity index (χ3n) is 4.67. The second kappa shape index (κ2) is 7.90. The summed E-state index contributed by atoms with van der Waals surface area (Å²) >= 11 is 0. The fourth-order valence-electron chi connectivity index (χ4n) is 3.16. The molecule has 3 rings (SSSR count). The SMILES string of the molecule is Cc1cccc(OCC2CCN(S(=O)(=O)c3ccccc3C#N)CC2)c1. The first-order chi connectivity index (χ1) is 12.5. The lowest BCUT2D eigenvalue weighted by atomic mass is 9.99. The van der Waals surface area contributed by atoms with Crippen LogP contribution in [0.15, 0.2) is 53.4 Å². The van der Waals surface area contributed by atoms with E-state index in [4.69, 9.17) is 4.74 Å². The predicted molar refractivity (Wildman–Crippen MR) is 99.3 cm³/mol. The van der Waals surface area contributed by atoms with Crippen molar-refractivity contribution in [2.75, 3.05) is 19.7 Å². The van der Waals surface area contributed by atoms with Gasteiger partial charge in [-0.05, 0) is 55.5 Å². The Morgan fingerprint density at radius 3 is 2.58 bits per heavy atom. The Balaban J connectivity index is 1.60. The van der Waals surface area contributed by atoms with Gasteiger partial charge in [0, 0.05) is 13.1 Å². The highest BCUT2D eigenvalue weighted by atomic mass is 32.2.